The Hall–Kier alpha value is -1.22. The van der Waals surface area contributed by atoms with Crippen molar-refractivity contribution in [2.24, 2.45) is 0 Å². The first-order valence-corrected chi connectivity index (χ1v) is 7.29. The quantitative estimate of drug-likeness (QED) is 0.888. The molecule has 1 aromatic carbocycles. The summed E-state index contributed by atoms with van der Waals surface area (Å²) in [5.41, 5.74) is 2.68. The molecule has 19 heavy (non-hydrogen) atoms. The third kappa shape index (κ3) is 3.87. The Bertz CT molecular complexity index is 348. The lowest BCUT2D eigenvalue weighted by Gasteiger charge is -2.19. The molecule has 1 N–H and O–H groups in total. The highest BCUT2D eigenvalue weighted by Crippen LogP contribution is 2.31. The van der Waals surface area contributed by atoms with Crippen LogP contribution < -0.4 is 14.8 Å². The van der Waals surface area contributed by atoms with Gasteiger partial charge >= 0.3 is 0 Å². The van der Waals surface area contributed by atoms with E-state index in [9.17, 15) is 0 Å². The van der Waals surface area contributed by atoms with E-state index >= 15 is 0 Å². The summed E-state index contributed by atoms with van der Waals surface area (Å²) in [5.74, 6) is 1.64. The third-order valence-electron chi connectivity index (χ3n) is 3.84. The number of rotatable bonds is 2. The van der Waals surface area contributed by atoms with Crippen molar-refractivity contribution in [2.75, 3.05) is 20.8 Å². The monoisotopic (exact) mass is 263 g/mol. The van der Waals surface area contributed by atoms with E-state index in [1.165, 1.54) is 43.2 Å². The Morgan fingerprint density at radius 3 is 1.89 bits per heavy atom. The molecule has 0 amide bonds. The maximum Gasteiger partial charge on any atom is 0.161 e. The van der Waals surface area contributed by atoms with Crippen molar-refractivity contribution in [3.05, 3.63) is 23.3 Å². The van der Waals surface area contributed by atoms with E-state index in [0.29, 0.717) is 0 Å². The summed E-state index contributed by atoms with van der Waals surface area (Å²) in [6, 6.07) is 4.13. The Balaban J connectivity index is 0.000000224. The molecule has 0 aromatic heterocycles. The number of benzene rings is 1. The number of hydrogen-bond acceptors (Lipinski definition) is 3. The minimum Gasteiger partial charge on any atom is -0.493 e. The number of nitrogens with one attached hydrogen (secondary N) is 1. The summed E-state index contributed by atoms with van der Waals surface area (Å²) in [5, 5.41) is 3.33. The molecule has 0 spiro atoms. The van der Waals surface area contributed by atoms with Gasteiger partial charge in [-0.05, 0) is 36.2 Å². The molecule has 1 saturated carbocycles. The van der Waals surface area contributed by atoms with Gasteiger partial charge in [0.15, 0.2) is 11.5 Å². The van der Waals surface area contributed by atoms with Crippen molar-refractivity contribution < 1.29 is 9.47 Å². The molecule has 0 bridgehead atoms. The number of fused-ring (bicyclic) bond motifs is 1. The van der Waals surface area contributed by atoms with Crippen LogP contribution in [0.3, 0.4) is 0 Å². The number of ether oxygens (including phenoxy) is 2. The van der Waals surface area contributed by atoms with Crippen LogP contribution in [0.2, 0.25) is 0 Å². The Labute approximate surface area is 116 Å². The lowest BCUT2D eigenvalue weighted by molar-refractivity contribution is 0.353. The fourth-order valence-corrected chi connectivity index (χ4v) is 2.69. The average Bonchev–Trinajstić information content (AvgIpc) is 3.05. The Morgan fingerprint density at radius 2 is 1.37 bits per heavy atom. The van der Waals surface area contributed by atoms with E-state index in [-0.39, 0.29) is 0 Å². The fraction of sp³-hybridized carbons (Fsp3) is 0.625. The highest BCUT2D eigenvalue weighted by molar-refractivity contribution is 5.48. The van der Waals surface area contributed by atoms with E-state index in [1.54, 1.807) is 14.2 Å². The van der Waals surface area contributed by atoms with Crippen LogP contribution in [0.25, 0.3) is 0 Å². The first-order valence-electron chi connectivity index (χ1n) is 7.29. The minimum absolute atomic E-state index is 0.815. The SMILES string of the molecule is C1CCCC1.COc1cc2c(cc1OC)CNCC2. The molecule has 1 heterocycles. The van der Waals surface area contributed by atoms with Crippen molar-refractivity contribution in [2.45, 2.75) is 45.1 Å². The lowest BCUT2D eigenvalue weighted by Crippen LogP contribution is -2.23. The van der Waals surface area contributed by atoms with E-state index in [1.807, 2.05) is 0 Å². The predicted octanol–water partition coefficient (Wildman–Crippen LogP) is 3.30. The molecular weight excluding hydrogens is 238 g/mol. The molecule has 1 aliphatic heterocycles. The van der Waals surface area contributed by atoms with Gasteiger partial charge in [-0.25, -0.2) is 0 Å². The number of hydrogen-bond donors (Lipinski definition) is 1. The van der Waals surface area contributed by atoms with Crippen LogP contribution in [-0.2, 0) is 13.0 Å². The molecule has 3 heteroatoms. The molecule has 2 aliphatic rings. The van der Waals surface area contributed by atoms with E-state index in [4.69, 9.17) is 9.47 Å². The van der Waals surface area contributed by atoms with Gasteiger partial charge in [0.25, 0.3) is 0 Å². The highest BCUT2D eigenvalue weighted by Gasteiger charge is 2.13. The summed E-state index contributed by atoms with van der Waals surface area (Å²) in [7, 11) is 3.34. The van der Waals surface area contributed by atoms with Crippen LogP contribution in [0.4, 0.5) is 0 Å². The van der Waals surface area contributed by atoms with Crippen LogP contribution in [0, 0.1) is 0 Å². The summed E-state index contributed by atoms with van der Waals surface area (Å²) >= 11 is 0. The van der Waals surface area contributed by atoms with Gasteiger partial charge in [-0.15, -0.1) is 0 Å². The van der Waals surface area contributed by atoms with Gasteiger partial charge < -0.3 is 14.8 Å². The normalized spacial score (nSPS) is 17.2. The lowest BCUT2D eigenvalue weighted by atomic mass is 10.0. The molecule has 1 fully saturated rings. The zero-order valence-corrected chi connectivity index (χ0v) is 12.1. The van der Waals surface area contributed by atoms with E-state index < -0.39 is 0 Å². The van der Waals surface area contributed by atoms with Gasteiger partial charge in [-0.1, -0.05) is 32.1 Å². The van der Waals surface area contributed by atoms with Crippen molar-refractivity contribution in [3.63, 3.8) is 0 Å². The molecule has 3 rings (SSSR count). The van der Waals surface area contributed by atoms with Gasteiger partial charge in [-0.2, -0.15) is 0 Å². The number of methoxy groups -OCH3 is 2. The first-order chi connectivity index (χ1) is 9.35. The predicted molar refractivity (Wildman–Crippen MR) is 78.0 cm³/mol. The zero-order chi connectivity index (χ0) is 13.5. The molecule has 0 saturated heterocycles. The fourth-order valence-electron chi connectivity index (χ4n) is 2.69. The van der Waals surface area contributed by atoms with Crippen LogP contribution in [-0.4, -0.2) is 20.8 Å². The molecule has 3 nitrogen and oxygen atoms in total. The van der Waals surface area contributed by atoms with Gasteiger partial charge in [0.05, 0.1) is 14.2 Å². The van der Waals surface area contributed by atoms with Crippen LogP contribution >= 0.6 is 0 Å². The minimum atomic E-state index is 0.815. The highest BCUT2D eigenvalue weighted by atomic mass is 16.5. The van der Waals surface area contributed by atoms with Crippen molar-refractivity contribution >= 4 is 0 Å². The summed E-state index contributed by atoms with van der Waals surface area (Å²) in [6.07, 6.45) is 8.57. The third-order valence-corrected chi connectivity index (χ3v) is 3.84. The second-order valence-corrected chi connectivity index (χ2v) is 5.17. The van der Waals surface area contributed by atoms with Crippen molar-refractivity contribution in [1.82, 2.24) is 5.32 Å². The Morgan fingerprint density at radius 1 is 0.842 bits per heavy atom. The maximum absolute atomic E-state index is 5.26. The molecule has 1 aromatic rings. The van der Waals surface area contributed by atoms with Crippen molar-refractivity contribution in [3.8, 4) is 11.5 Å². The molecule has 1 aliphatic carbocycles. The molecule has 0 unspecified atom stereocenters. The second kappa shape index (κ2) is 7.39. The van der Waals surface area contributed by atoms with Crippen LogP contribution in [0.15, 0.2) is 12.1 Å². The standard InChI is InChI=1S/C11H15NO2.C5H10/c1-13-10-5-8-3-4-12-7-9(8)6-11(10)14-2;1-2-4-5-3-1/h5-6,12H,3-4,7H2,1-2H3;1-5H2. The van der Waals surface area contributed by atoms with Gasteiger partial charge in [-0.3, -0.25) is 0 Å². The van der Waals surface area contributed by atoms with E-state index in [0.717, 1.165) is 31.0 Å². The largest absolute Gasteiger partial charge is 0.493 e. The van der Waals surface area contributed by atoms with Crippen molar-refractivity contribution in [1.29, 1.82) is 0 Å². The maximum atomic E-state index is 5.26. The average molecular weight is 263 g/mol. The van der Waals surface area contributed by atoms with Crippen LogP contribution in [0.5, 0.6) is 11.5 Å². The molecule has 0 radical (unpaired) electrons. The summed E-state index contributed by atoms with van der Waals surface area (Å²) in [4.78, 5) is 0. The zero-order valence-electron chi connectivity index (χ0n) is 12.1. The molecule has 106 valence electrons. The van der Waals surface area contributed by atoms with Crippen LogP contribution in [0.1, 0.15) is 43.2 Å². The molecule has 0 atom stereocenters. The topological polar surface area (TPSA) is 30.5 Å². The smallest absolute Gasteiger partial charge is 0.161 e. The second-order valence-electron chi connectivity index (χ2n) is 5.17. The summed E-state index contributed by atoms with van der Waals surface area (Å²) < 4.78 is 10.5. The Kier molecular flexibility index (Phi) is 5.52. The van der Waals surface area contributed by atoms with Gasteiger partial charge in [0.1, 0.15) is 0 Å². The summed E-state index contributed by atoms with van der Waals surface area (Å²) in [6.45, 7) is 1.97. The molecular formula is C16H25NO2. The van der Waals surface area contributed by atoms with Gasteiger partial charge in [0.2, 0.25) is 0 Å². The van der Waals surface area contributed by atoms with Gasteiger partial charge in [0, 0.05) is 6.54 Å². The first kappa shape index (κ1) is 14.2. The van der Waals surface area contributed by atoms with E-state index in [2.05, 4.69) is 17.4 Å².